The van der Waals surface area contributed by atoms with Crippen LogP contribution in [0.4, 0.5) is 22.0 Å². The van der Waals surface area contributed by atoms with E-state index in [2.05, 4.69) is 15.3 Å². The molecule has 1 aliphatic rings. The maximum atomic E-state index is 13.8. The van der Waals surface area contributed by atoms with Crippen molar-refractivity contribution in [2.24, 2.45) is 0 Å². The molecule has 0 bridgehead atoms. The van der Waals surface area contributed by atoms with Gasteiger partial charge in [-0.3, -0.25) is 4.79 Å². The van der Waals surface area contributed by atoms with Crippen LogP contribution < -0.4 is 4.84 Å². The van der Waals surface area contributed by atoms with Crippen LogP contribution in [0.25, 0.3) is 17.2 Å². The Labute approximate surface area is 176 Å². The van der Waals surface area contributed by atoms with Crippen LogP contribution in [0.3, 0.4) is 0 Å². The van der Waals surface area contributed by atoms with Gasteiger partial charge in [-0.25, -0.2) is 26.9 Å². The summed E-state index contributed by atoms with van der Waals surface area (Å²) in [5.41, 5.74) is -0.289. The van der Waals surface area contributed by atoms with Crippen LogP contribution in [0.5, 0.6) is 0 Å². The standard InChI is InChI=1S/C19H14F5N5O3/c20-14-11(15(21)17(23)18(24)16(14)22)3-4-13(30)28-6-7-31-10(8-28)9-32-29-19-12(26-27-29)2-1-5-25-19/h1-5,10H,6-9H2/b4-3+. The number of halogens is 5. The van der Waals surface area contributed by atoms with E-state index in [4.69, 9.17) is 9.57 Å². The fraction of sp³-hybridized carbons (Fsp3) is 0.263. The van der Waals surface area contributed by atoms with Crippen molar-refractivity contribution in [2.45, 2.75) is 6.10 Å². The first-order valence-corrected chi connectivity index (χ1v) is 9.26. The minimum Gasteiger partial charge on any atom is -0.391 e. The van der Waals surface area contributed by atoms with Gasteiger partial charge in [0, 0.05) is 18.8 Å². The molecule has 0 radical (unpaired) electrons. The predicted octanol–water partition coefficient (Wildman–Crippen LogP) is 1.89. The highest BCUT2D eigenvalue weighted by Gasteiger charge is 2.26. The number of benzene rings is 1. The highest BCUT2D eigenvalue weighted by Crippen LogP contribution is 2.24. The Morgan fingerprint density at radius 3 is 2.62 bits per heavy atom. The molecule has 2 aromatic heterocycles. The van der Waals surface area contributed by atoms with Crippen LogP contribution in [-0.4, -0.2) is 63.4 Å². The Hall–Kier alpha value is -3.61. The molecular formula is C19H14F5N5O3. The molecule has 1 amide bonds. The maximum absolute atomic E-state index is 13.8. The van der Waals surface area contributed by atoms with Crippen LogP contribution in [-0.2, 0) is 9.53 Å². The molecule has 32 heavy (non-hydrogen) atoms. The number of morpholine rings is 1. The number of fused-ring (bicyclic) bond motifs is 1. The van der Waals surface area contributed by atoms with E-state index in [0.717, 1.165) is 10.9 Å². The number of carbonyl (C=O) groups is 1. The van der Waals surface area contributed by atoms with Gasteiger partial charge >= 0.3 is 0 Å². The van der Waals surface area contributed by atoms with E-state index in [9.17, 15) is 26.7 Å². The van der Waals surface area contributed by atoms with Crippen molar-refractivity contribution >= 4 is 23.1 Å². The molecule has 0 spiro atoms. The van der Waals surface area contributed by atoms with Crippen LogP contribution >= 0.6 is 0 Å². The lowest BCUT2D eigenvalue weighted by molar-refractivity contribution is -0.136. The normalized spacial score (nSPS) is 16.8. The van der Waals surface area contributed by atoms with Crippen molar-refractivity contribution in [3.05, 3.63) is 59.1 Å². The Bertz CT molecular complexity index is 1170. The summed E-state index contributed by atoms with van der Waals surface area (Å²) in [6.45, 7) is 0.345. The molecule has 1 fully saturated rings. The molecule has 1 aromatic carbocycles. The predicted molar refractivity (Wildman–Crippen MR) is 98.4 cm³/mol. The average Bonchev–Trinajstić information content (AvgIpc) is 3.23. The Balaban J connectivity index is 1.41. The van der Waals surface area contributed by atoms with Crippen LogP contribution in [0, 0.1) is 29.1 Å². The number of hydrogen-bond donors (Lipinski definition) is 0. The summed E-state index contributed by atoms with van der Waals surface area (Å²) in [6.07, 6.45) is 2.25. The molecule has 3 heterocycles. The van der Waals surface area contributed by atoms with Crippen molar-refractivity contribution < 1.29 is 36.3 Å². The van der Waals surface area contributed by atoms with Crippen molar-refractivity contribution in [1.29, 1.82) is 0 Å². The molecule has 0 aliphatic carbocycles. The Kier molecular flexibility index (Phi) is 5.99. The third-order valence-corrected chi connectivity index (χ3v) is 4.65. The summed E-state index contributed by atoms with van der Waals surface area (Å²) >= 11 is 0. The van der Waals surface area contributed by atoms with Gasteiger partial charge in [0.05, 0.1) is 18.7 Å². The Morgan fingerprint density at radius 2 is 1.88 bits per heavy atom. The number of pyridine rings is 1. The molecule has 168 valence electrons. The topological polar surface area (TPSA) is 82.4 Å². The van der Waals surface area contributed by atoms with E-state index in [0.29, 0.717) is 17.2 Å². The first kappa shape index (κ1) is 21.6. The van der Waals surface area contributed by atoms with Crippen LogP contribution in [0.1, 0.15) is 5.56 Å². The molecule has 8 nitrogen and oxygen atoms in total. The number of nitrogens with zero attached hydrogens (tertiary/aromatic N) is 5. The van der Waals surface area contributed by atoms with Gasteiger partial charge in [0.25, 0.3) is 0 Å². The van der Waals surface area contributed by atoms with E-state index < -0.39 is 46.7 Å². The zero-order valence-electron chi connectivity index (χ0n) is 16.1. The van der Waals surface area contributed by atoms with Gasteiger partial charge in [-0.05, 0) is 23.4 Å². The second kappa shape index (κ2) is 8.86. The highest BCUT2D eigenvalue weighted by atomic mass is 19.2. The summed E-state index contributed by atoms with van der Waals surface area (Å²) < 4.78 is 72.7. The maximum Gasteiger partial charge on any atom is 0.246 e. The molecule has 13 heteroatoms. The quantitative estimate of drug-likeness (QED) is 0.253. The zero-order chi connectivity index (χ0) is 22.8. The van der Waals surface area contributed by atoms with Crippen molar-refractivity contribution in [3.63, 3.8) is 0 Å². The van der Waals surface area contributed by atoms with E-state index in [1.165, 1.54) is 4.90 Å². The van der Waals surface area contributed by atoms with Gasteiger partial charge in [0.1, 0.15) is 18.2 Å². The van der Waals surface area contributed by atoms with Gasteiger partial charge < -0.3 is 14.5 Å². The minimum absolute atomic E-state index is 0.0137. The monoisotopic (exact) mass is 455 g/mol. The Morgan fingerprint density at radius 1 is 1.16 bits per heavy atom. The third-order valence-electron chi connectivity index (χ3n) is 4.65. The number of hydrogen-bond acceptors (Lipinski definition) is 6. The van der Waals surface area contributed by atoms with E-state index in [-0.39, 0.29) is 26.3 Å². The van der Waals surface area contributed by atoms with Gasteiger partial charge in [-0.1, -0.05) is 4.85 Å². The van der Waals surface area contributed by atoms with Crippen LogP contribution in [0.2, 0.25) is 0 Å². The van der Waals surface area contributed by atoms with Crippen molar-refractivity contribution in [2.75, 3.05) is 26.3 Å². The van der Waals surface area contributed by atoms with Gasteiger partial charge in [-0.15, -0.1) is 5.10 Å². The molecule has 3 aromatic rings. The van der Waals surface area contributed by atoms with E-state index in [1.54, 1.807) is 18.3 Å². The summed E-state index contributed by atoms with van der Waals surface area (Å²) in [4.78, 5) is 24.4. The summed E-state index contributed by atoms with van der Waals surface area (Å²) in [5, 5.41) is 7.69. The minimum atomic E-state index is -2.27. The lowest BCUT2D eigenvalue weighted by atomic mass is 10.1. The summed E-state index contributed by atoms with van der Waals surface area (Å²) in [5.74, 6) is -11.2. The average molecular weight is 455 g/mol. The number of rotatable bonds is 5. The third kappa shape index (κ3) is 4.10. The first-order valence-electron chi connectivity index (χ1n) is 9.26. The fourth-order valence-corrected chi connectivity index (χ4v) is 3.03. The number of carbonyl (C=O) groups excluding carboxylic acids is 1. The lowest BCUT2D eigenvalue weighted by Crippen LogP contribution is -2.47. The largest absolute Gasteiger partial charge is 0.391 e. The number of amides is 1. The molecule has 0 saturated carbocycles. The second-order valence-electron chi connectivity index (χ2n) is 6.70. The lowest BCUT2D eigenvalue weighted by Gasteiger charge is -2.31. The van der Waals surface area contributed by atoms with E-state index >= 15 is 0 Å². The molecule has 1 aliphatic heterocycles. The van der Waals surface area contributed by atoms with E-state index in [1.807, 2.05) is 0 Å². The molecule has 1 saturated heterocycles. The number of ether oxygens (including phenoxy) is 1. The molecule has 1 atom stereocenters. The molecule has 1 unspecified atom stereocenters. The molecular weight excluding hydrogens is 441 g/mol. The smallest absolute Gasteiger partial charge is 0.246 e. The number of aromatic nitrogens is 4. The van der Waals surface area contributed by atoms with Gasteiger partial charge in [0.15, 0.2) is 23.3 Å². The van der Waals surface area contributed by atoms with Crippen molar-refractivity contribution in [3.8, 4) is 0 Å². The highest BCUT2D eigenvalue weighted by molar-refractivity contribution is 5.92. The first-order chi connectivity index (χ1) is 15.4. The van der Waals surface area contributed by atoms with Crippen LogP contribution in [0.15, 0.2) is 24.4 Å². The molecule has 0 N–H and O–H groups in total. The summed E-state index contributed by atoms with van der Waals surface area (Å²) in [7, 11) is 0. The summed E-state index contributed by atoms with van der Waals surface area (Å²) in [6, 6.07) is 3.39. The van der Waals surface area contributed by atoms with Gasteiger partial charge in [0.2, 0.25) is 17.4 Å². The molecule has 4 rings (SSSR count). The fourth-order valence-electron chi connectivity index (χ4n) is 3.03. The SMILES string of the molecule is O=C(/C=C/c1c(F)c(F)c(F)c(F)c1F)N1CCOC(COn2nnc3cccnc32)C1. The van der Waals surface area contributed by atoms with Crippen molar-refractivity contribution in [1.82, 2.24) is 25.0 Å². The van der Waals surface area contributed by atoms with Gasteiger partial charge in [-0.2, -0.15) is 0 Å². The zero-order valence-corrected chi connectivity index (χ0v) is 16.1. The second-order valence-corrected chi connectivity index (χ2v) is 6.70.